The average Bonchev–Trinajstić information content (AvgIpc) is 0.935. The van der Waals surface area contributed by atoms with Crippen LogP contribution in [-0.4, -0.2) is 177 Å². The second-order valence-electron chi connectivity index (χ2n) is 23.4. The van der Waals surface area contributed by atoms with E-state index in [1.807, 2.05) is 27.7 Å². The van der Waals surface area contributed by atoms with Crippen molar-refractivity contribution >= 4 is 164 Å². The second kappa shape index (κ2) is 35.3. The molecule has 0 bridgehead atoms. The summed E-state index contributed by atoms with van der Waals surface area (Å²) in [5, 5.41) is 51.9. The van der Waals surface area contributed by atoms with Gasteiger partial charge in [-0.25, -0.2) is 0 Å². The van der Waals surface area contributed by atoms with E-state index in [0.29, 0.717) is 108 Å². The van der Waals surface area contributed by atoms with Crippen molar-refractivity contribution in [3.63, 3.8) is 0 Å². The Hall–Kier alpha value is -9.95. The molecule has 2 aliphatic heterocycles. The zero-order valence-corrected chi connectivity index (χ0v) is 61.3. The highest BCUT2D eigenvalue weighted by atomic mass is 32.2. The van der Waals surface area contributed by atoms with Crippen LogP contribution in [0.15, 0.2) is 114 Å². The van der Waals surface area contributed by atoms with Crippen LogP contribution in [0.1, 0.15) is 89.8 Å². The minimum absolute atomic E-state index is 0.00141. The lowest BCUT2D eigenvalue weighted by Crippen LogP contribution is -2.31. The molecule has 103 heavy (non-hydrogen) atoms. The molecule has 548 valence electrons. The topological polar surface area (TPSA) is 414 Å². The molecule has 4 aromatic carbocycles. The minimum Gasteiger partial charge on any atom is -0.494 e. The standard InChI is InChI=1S/C67H82N18O14S4/c1-9-81(10-2)53-37-49(51(39-55(53)98-7)77-79-66-72-59(83-27-15-13-16-28-83)57(100-66)35-47(41(5)88)61(90)68-43-19-23-45(24-20-43)102(92,93)94)70-63-74-64(76-65(75-63)85(31-33-86)32-34-87)71-50-38-54(82(11-3)12-4)56(99-8)40-52(50)78-80-67-73-60(84-29-17-14-18-30-84)58(101-67)36-48(42(6)89)62(91)69-44-21-25-46(26-22-44)103(95,96)97/h19-26,35-40,86-87H,9-18,27-34H2,1-8H3,(H,68,90)(H,69,91)(H,92,93,94)(H,95,96,97)(H2,70,71,74,75,76). The van der Waals surface area contributed by atoms with Crippen LogP contribution in [0.3, 0.4) is 0 Å². The highest BCUT2D eigenvalue weighted by Crippen LogP contribution is 2.45. The summed E-state index contributed by atoms with van der Waals surface area (Å²) in [6.07, 6.45) is 8.31. The Bertz CT molecular complexity index is 4290. The number of piperidine rings is 2. The molecule has 2 fully saturated rings. The number of carbonyl (C=O) groups is 4. The fourth-order valence-corrected chi connectivity index (χ4v) is 14.0. The molecule has 0 aliphatic carbocycles. The first-order valence-corrected chi connectivity index (χ1v) is 37.7. The molecule has 2 amide bonds. The molecule has 7 aromatic rings. The summed E-state index contributed by atoms with van der Waals surface area (Å²) in [4.78, 5) is 88.6. The number of hydrogen-bond acceptors (Lipinski definition) is 30. The van der Waals surface area contributed by atoms with E-state index in [9.17, 15) is 55.3 Å². The van der Waals surface area contributed by atoms with Crippen molar-refractivity contribution in [2.75, 3.05) is 139 Å². The molecule has 36 heteroatoms. The predicted octanol–water partition coefficient (Wildman–Crippen LogP) is 11.3. The predicted molar refractivity (Wildman–Crippen MR) is 398 cm³/mol. The van der Waals surface area contributed by atoms with Crippen molar-refractivity contribution in [2.45, 2.75) is 89.9 Å². The number of ketones is 2. The number of aliphatic hydroxyl groups is 2. The van der Waals surface area contributed by atoms with E-state index in [-0.39, 0.29) is 98.1 Å². The zero-order chi connectivity index (χ0) is 74.1. The number of azo groups is 2. The lowest BCUT2D eigenvalue weighted by Gasteiger charge is -2.27. The maximum Gasteiger partial charge on any atom is 0.294 e. The molecule has 2 aliphatic rings. The average molecular weight is 1490 g/mol. The maximum absolute atomic E-state index is 13.8. The van der Waals surface area contributed by atoms with Crippen LogP contribution in [-0.2, 0) is 39.4 Å². The number of aliphatic hydroxyl groups excluding tert-OH is 2. The van der Waals surface area contributed by atoms with Gasteiger partial charge in [-0.05, 0) is 153 Å². The number of hydrogen-bond donors (Lipinski definition) is 8. The van der Waals surface area contributed by atoms with Crippen LogP contribution < -0.4 is 55.2 Å². The Morgan fingerprint density at radius 3 is 1.22 bits per heavy atom. The Morgan fingerprint density at radius 1 is 0.534 bits per heavy atom. The maximum atomic E-state index is 13.8. The van der Waals surface area contributed by atoms with Gasteiger partial charge < -0.3 is 65.5 Å². The molecule has 0 radical (unpaired) electrons. The van der Waals surface area contributed by atoms with Crippen molar-refractivity contribution in [3.05, 3.63) is 93.7 Å². The van der Waals surface area contributed by atoms with E-state index in [1.54, 1.807) is 29.2 Å². The van der Waals surface area contributed by atoms with Gasteiger partial charge in [0.05, 0.1) is 80.9 Å². The van der Waals surface area contributed by atoms with Gasteiger partial charge in [0.25, 0.3) is 32.1 Å². The van der Waals surface area contributed by atoms with E-state index in [1.165, 1.54) is 64.5 Å². The molecule has 0 atom stereocenters. The van der Waals surface area contributed by atoms with Gasteiger partial charge in [0, 0.05) is 89.0 Å². The number of methoxy groups -OCH3 is 2. The van der Waals surface area contributed by atoms with E-state index in [0.717, 1.165) is 85.5 Å². The number of nitrogens with zero attached hydrogens (tertiary/aromatic N) is 14. The number of anilines is 11. The summed E-state index contributed by atoms with van der Waals surface area (Å²) in [7, 11) is -5.96. The summed E-state index contributed by atoms with van der Waals surface area (Å²) in [5.74, 6) is -0.909. The first-order chi connectivity index (χ1) is 49.4. The minimum atomic E-state index is -4.51. The number of amides is 2. The number of benzene rings is 4. The lowest BCUT2D eigenvalue weighted by molar-refractivity contribution is -0.120. The first kappa shape index (κ1) is 77.2. The molecule has 0 unspecified atom stereocenters. The highest BCUT2D eigenvalue weighted by molar-refractivity contribution is 7.86. The number of Topliss-reactive ketones (excluding diaryl/α,β-unsaturated/α-hetero) is 2. The Kier molecular flexibility index (Phi) is 26.5. The van der Waals surface area contributed by atoms with Gasteiger partial charge in [-0.2, -0.15) is 41.8 Å². The van der Waals surface area contributed by atoms with Gasteiger partial charge in [-0.1, -0.05) is 22.7 Å². The van der Waals surface area contributed by atoms with E-state index in [2.05, 4.69) is 51.1 Å². The van der Waals surface area contributed by atoms with Crippen LogP contribution in [0, 0.1) is 0 Å². The number of ether oxygens (including phenoxy) is 2. The summed E-state index contributed by atoms with van der Waals surface area (Å²) >= 11 is 2.17. The molecule has 2 saturated heterocycles. The van der Waals surface area contributed by atoms with Gasteiger partial charge >= 0.3 is 0 Å². The summed E-state index contributed by atoms with van der Waals surface area (Å²) < 4.78 is 77.8. The summed E-state index contributed by atoms with van der Waals surface area (Å²) in [5.41, 5.74) is 2.31. The number of thiazole rings is 2. The Balaban J connectivity index is 1.13. The van der Waals surface area contributed by atoms with Crippen molar-refractivity contribution in [2.24, 2.45) is 20.5 Å². The third-order valence-corrected chi connectivity index (χ3v) is 20.1. The highest BCUT2D eigenvalue weighted by Gasteiger charge is 2.28. The normalized spacial score (nSPS) is 13.9. The van der Waals surface area contributed by atoms with Crippen LogP contribution in [0.4, 0.5) is 85.2 Å². The van der Waals surface area contributed by atoms with Crippen molar-refractivity contribution in [1.82, 2.24) is 24.9 Å². The number of rotatable bonds is 33. The van der Waals surface area contributed by atoms with Gasteiger partial charge in [0.15, 0.2) is 11.6 Å². The molecular formula is C67H82N18O14S4. The smallest absolute Gasteiger partial charge is 0.294 e. The fourth-order valence-electron chi connectivity index (χ4n) is 11.3. The SMILES string of the molecule is CCN(CC)c1cc(Nc2nc(Nc3cc(N(CC)CC)c(OC)cc3N=Nc3nc(N4CCCCC4)c(C=C(C(C)=O)C(=O)Nc4ccc(S(=O)(=O)O)cc4)s3)nc(N(CCO)CCO)n2)c(N=Nc2nc(N3CCCCC3)c(C=C(C(C)=O)C(=O)Nc3ccc(S(=O)(=O)O)cc3)s2)cc1OC. The Labute approximate surface area is 604 Å². The molecule has 9 rings (SSSR count). The molecular weight excluding hydrogens is 1410 g/mol. The van der Waals surface area contributed by atoms with E-state index in [4.69, 9.17) is 44.6 Å². The van der Waals surface area contributed by atoms with Crippen molar-refractivity contribution in [3.8, 4) is 11.5 Å². The van der Waals surface area contributed by atoms with Crippen LogP contribution in [0.25, 0.3) is 12.2 Å². The van der Waals surface area contributed by atoms with Gasteiger partial charge in [0.2, 0.25) is 28.1 Å². The third-order valence-electron chi connectivity index (χ3n) is 16.6. The van der Waals surface area contributed by atoms with Gasteiger partial charge in [0.1, 0.15) is 34.5 Å². The molecule has 0 spiro atoms. The van der Waals surface area contributed by atoms with Gasteiger partial charge in [-0.3, -0.25) is 28.3 Å². The van der Waals surface area contributed by atoms with Crippen LogP contribution in [0.2, 0.25) is 0 Å². The molecule has 8 N–H and O–H groups in total. The number of aromatic nitrogens is 5. The number of carbonyl (C=O) groups excluding carboxylic acids is 4. The Morgan fingerprint density at radius 2 is 0.903 bits per heavy atom. The molecule has 3 aromatic heterocycles. The van der Waals surface area contributed by atoms with Crippen LogP contribution >= 0.6 is 22.7 Å². The second-order valence-corrected chi connectivity index (χ2v) is 28.3. The third kappa shape index (κ3) is 19.8. The van der Waals surface area contributed by atoms with E-state index < -0.39 is 43.6 Å². The fraction of sp³-hybridized carbons (Fsp3) is 0.388. The zero-order valence-electron chi connectivity index (χ0n) is 58.1. The summed E-state index contributed by atoms with van der Waals surface area (Å²) in [6.45, 7) is 14.6. The van der Waals surface area contributed by atoms with Gasteiger partial charge in [-0.15, -0.1) is 20.5 Å². The lowest BCUT2D eigenvalue weighted by atomic mass is 10.1. The van der Waals surface area contributed by atoms with Crippen molar-refractivity contribution in [1.29, 1.82) is 0 Å². The molecule has 5 heterocycles. The molecule has 0 saturated carbocycles. The quantitative estimate of drug-likeness (QED) is 0.00623. The summed E-state index contributed by atoms with van der Waals surface area (Å²) in [6, 6.07) is 16.6. The molecule has 32 nitrogen and oxygen atoms in total. The van der Waals surface area contributed by atoms with E-state index >= 15 is 0 Å². The first-order valence-electron chi connectivity index (χ1n) is 33.2. The number of nitrogens with one attached hydrogen (secondary N) is 4. The van der Waals surface area contributed by atoms with Crippen LogP contribution in [0.5, 0.6) is 11.5 Å². The monoisotopic (exact) mass is 1490 g/mol. The largest absolute Gasteiger partial charge is 0.494 e. The van der Waals surface area contributed by atoms with Crippen molar-refractivity contribution < 1.29 is 64.8 Å².